The highest BCUT2D eigenvalue weighted by atomic mass is 15.1. The van der Waals surface area contributed by atoms with Crippen molar-refractivity contribution in [2.45, 2.75) is 54.8 Å². The first-order valence-corrected chi connectivity index (χ1v) is 43.3. The molecular formula is C120H93N3. The molecule has 6 aliphatic rings. The fourth-order valence-electron chi connectivity index (χ4n) is 22.3. The summed E-state index contributed by atoms with van der Waals surface area (Å²) >= 11 is 0. The van der Waals surface area contributed by atoms with Gasteiger partial charge in [-0.2, -0.15) is 0 Å². The summed E-state index contributed by atoms with van der Waals surface area (Å²) in [4.78, 5) is 7.01. The fraction of sp³-hybridized carbons (Fsp3) is 0.100. The van der Waals surface area contributed by atoms with Crippen molar-refractivity contribution >= 4 is 34.1 Å². The van der Waals surface area contributed by atoms with Crippen LogP contribution in [0.3, 0.4) is 0 Å². The highest BCUT2D eigenvalue weighted by molar-refractivity contribution is 5.97. The van der Waals surface area contributed by atoms with Gasteiger partial charge in [0, 0.05) is 66.1 Å². The van der Waals surface area contributed by atoms with Gasteiger partial charge in [0.2, 0.25) is 0 Å². The maximum absolute atomic E-state index is 2.46. The van der Waals surface area contributed by atoms with Crippen molar-refractivity contribution in [3.8, 4) is 77.9 Å². The summed E-state index contributed by atoms with van der Waals surface area (Å²) < 4.78 is 0. The van der Waals surface area contributed by atoms with Crippen molar-refractivity contribution in [1.29, 1.82) is 0 Å². The Morgan fingerprint density at radius 1 is 0.146 bits per heavy atom. The molecule has 0 heterocycles. The van der Waals surface area contributed by atoms with Gasteiger partial charge in [0.25, 0.3) is 0 Å². The molecule has 0 fully saturated rings. The first-order chi connectivity index (χ1) is 60.3. The number of benzene rings is 18. The lowest BCUT2D eigenvalue weighted by molar-refractivity contribution is 0.660. The SMILES string of the molecule is CN(c1ccc(-c2ccccc2)cc1)c1ccc2c(c1)C(c1ccccc1)(c1ccccc1)c1ccccc1-2.CN(c1ccc2c(c1)C(C)(C)c1ccccc1-2)c1ccc2c(c1)C(c1ccccc1)(c1ccccc1)c1ccccc1-2.CN(c1ccc2c(c1)C(C)(C)c1ccccc1-2)c1ccc2c(c1)C1(c3ccccc3-c3ccccc31)c1ccccc1-2. The number of fused-ring (bicyclic) bond motifs is 22. The molecule has 0 N–H and O–H groups in total. The van der Waals surface area contributed by atoms with Crippen molar-refractivity contribution in [2.24, 2.45) is 0 Å². The summed E-state index contributed by atoms with van der Waals surface area (Å²) in [5, 5.41) is 0. The molecule has 588 valence electrons. The van der Waals surface area contributed by atoms with Crippen molar-refractivity contribution in [2.75, 3.05) is 35.8 Å². The molecule has 24 rings (SSSR count). The molecule has 18 aromatic carbocycles. The largest absolute Gasteiger partial charge is 0.345 e. The standard InChI is InChI=1S/C41H31N.C41H33N.C38H29N/c1-40(2)34-16-8-4-12-28(34)32-22-20-26(24-38(32)40)42(3)27-21-23-33-31-15-7-11-19-37(31)41(39(33)25-27)35-17-9-5-13-29(35)30-14-6-10-18-36(30)41;1-40(2)36-20-12-10-18-32(36)34-24-22-30(26-38(34)40)42(3)31-23-25-35-33-19-11-13-21-37(33)41(39(35)27-31,28-14-6-4-7-15-28)29-16-8-5-9-17-29;1-39(32-23-21-29(22-24-32)28-13-5-2-6-14-28)33-25-26-35-34-19-11-12-20-36(34)38(37(35)27-33,30-15-7-3-8-16-30)31-17-9-4-10-18-31/h4-25H,1-3H3;4-27H,1-3H3;2-27H,1H3. The van der Waals surface area contributed by atoms with Crippen molar-refractivity contribution in [3.05, 3.63) is 526 Å². The molecule has 1 spiro atoms. The van der Waals surface area contributed by atoms with Crippen molar-refractivity contribution < 1.29 is 0 Å². The summed E-state index contributed by atoms with van der Waals surface area (Å²) in [5.74, 6) is 0. The summed E-state index contributed by atoms with van der Waals surface area (Å²) in [6.45, 7) is 9.41. The minimum atomic E-state index is -0.396. The monoisotopic (exact) mass is 1580 g/mol. The number of nitrogens with zero attached hydrogens (tertiary/aromatic N) is 3. The molecule has 3 heteroatoms. The third-order valence-corrected chi connectivity index (χ3v) is 28.3. The topological polar surface area (TPSA) is 9.72 Å². The zero-order chi connectivity index (χ0) is 82.9. The summed E-state index contributed by atoms with van der Waals surface area (Å²) in [7, 11) is 6.57. The molecule has 123 heavy (non-hydrogen) atoms. The molecule has 3 nitrogen and oxygen atoms in total. The molecule has 0 saturated carbocycles. The van der Waals surface area contributed by atoms with E-state index in [1.54, 1.807) is 0 Å². The van der Waals surface area contributed by atoms with Gasteiger partial charge in [0.05, 0.1) is 16.2 Å². The minimum Gasteiger partial charge on any atom is -0.345 e. The van der Waals surface area contributed by atoms with Gasteiger partial charge in [0.1, 0.15) is 0 Å². The Hall–Kier alpha value is -14.6. The summed E-state index contributed by atoms with van der Waals surface area (Å²) in [6.07, 6.45) is 0. The van der Waals surface area contributed by atoms with E-state index in [-0.39, 0.29) is 21.7 Å². The summed E-state index contributed by atoms with van der Waals surface area (Å²) in [5.41, 5.74) is 46.1. The number of hydrogen-bond donors (Lipinski definition) is 0. The van der Waals surface area contributed by atoms with Crippen LogP contribution in [0.2, 0.25) is 0 Å². The van der Waals surface area contributed by atoms with Crippen LogP contribution in [-0.4, -0.2) is 21.1 Å². The van der Waals surface area contributed by atoms with E-state index in [9.17, 15) is 0 Å². The highest BCUT2D eigenvalue weighted by Gasteiger charge is 2.53. The molecule has 0 bridgehead atoms. The smallest absolute Gasteiger partial charge is 0.0726 e. The van der Waals surface area contributed by atoms with E-state index in [0.717, 1.165) is 5.69 Å². The molecule has 0 aromatic heterocycles. The number of rotatable bonds is 11. The van der Waals surface area contributed by atoms with Crippen molar-refractivity contribution in [3.63, 3.8) is 0 Å². The predicted octanol–water partition coefficient (Wildman–Crippen LogP) is 29.7. The molecule has 0 aliphatic heterocycles. The van der Waals surface area contributed by atoms with E-state index in [1.807, 2.05) is 0 Å². The second kappa shape index (κ2) is 29.1. The molecule has 0 atom stereocenters. The Bertz CT molecular complexity index is 6810. The van der Waals surface area contributed by atoms with E-state index in [2.05, 4.69) is 500 Å². The van der Waals surface area contributed by atoms with Crippen LogP contribution in [0, 0.1) is 0 Å². The van der Waals surface area contributed by atoms with E-state index in [1.165, 1.54) is 195 Å². The molecule has 0 saturated heterocycles. The highest BCUT2D eigenvalue weighted by Crippen LogP contribution is 2.65. The molecule has 18 aromatic rings. The maximum Gasteiger partial charge on any atom is 0.0726 e. The lowest BCUT2D eigenvalue weighted by Gasteiger charge is -2.34. The first-order valence-electron chi connectivity index (χ1n) is 43.3. The summed E-state index contributed by atoms with van der Waals surface area (Å²) in [6, 6.07) is 161. The zero-order valence-corrected chi connectivity index (χ0v) is 70.4. The Balaban J connectivity index is 0.000000110. The van der Waals surface area contributed by atoms with Crippen molar-refractivity contribution in [1.82, 2.24) is 0 Å². The molecule has 0 radical (unpaired) electrons. The predicted molar refractivity (Wildman–Crippen MR) is 514 cm³/mol. The van der Waals surface area contributed by atoms with E-state index in [0.29, 0.717) is 0 Å². The third kappa shape index (κ3) is 11.3. The van der Waals surface area contributed by atoms with Gasteiger partial charge in [-0.05, 0) is 240 Å². The minimum absolute atomic E-state index is 0.0241. The van der Waals surface area contributed by atoms with Gasteiger partial charge in [-0.15, -0.1) is 0 Å². The first kappa shape index (κ1) is 74.6. The van der Waals surface area contributed by atoms with Gasteiger partial charge >= 0.3 is 0 Å². The Morgan fingerprint density at radius 2 is 0.333 bits per heavy atom. The molecule has 0 amide bonds. The molecular weight excluding hydrogens is 1480 g/mol. The lowest BCUT2D eigenvalue weighted by Crippen LogP contribution is -2.28. The second-order valence-corrected chi connectivity index (χ2v) is 35.0. The Morgan fingerprint density at radius 3 is 0.626 bits per heavy atom. The van der Waals surface area contributed by atoms with Gasteiger partial charge in [-0.3, -0.25) is 0 Å². The maximum atomic E-state index is 2.46. The van der Waals surface area contributed by atoms with Crippen LogP contribution < -0.4 is 14.7 Å². The van der Waals surface area contributed by atoms with Gasteiger partial charge in [-0.1, -0.05) is 392 Å². The van der Waals surface area contributed by atoms with Crippen LogP contribution in [0.5, 0.6) is 0 Å². The Kier molecular flexibility index (Phi) is 17.6. The van der Waals surface area contributed by atoms with Crippen LogP contribution in [0.15, 0.2) is 437 Å². The van der Waals surface area contributed by atoms with E-state index >= 15 is 0 Å². The third-order valence-electron chi connectivity index (χ3n) is 28.3. The Labute approximate surface area is 723 Å². The van der Waals surface area contributed by atoms with Gasteiger partial charge < -0.3 is 14.7 Å². The van der Waals surface area contributed by atoms with Crippen LogP contribution in [0.4, 0.5) is 34.1 Å². The fourth-order valence-corrected chi connectivity index (χ4v) is 22.3. The van der Waals surface area contributed by atoms with Crippen LogP contribution >= 0.6 is 0 Å². The lowest BCUT2D eigenvalue weighted by atomic mass is 9.67. The van der Waals surface area contributed by atoms with E-state index in [4.69, 9.17) is 0 Å². The molecule has 6 aliphatic carbocycles. The van der Waals surface area contributed by atoms with Gasteiger partial charge in [0.15, 0.2) is 0 Å². The van der Waals surface area contributed by atoms with Gasteiger partial charge in [-0.25, -0.2) is 0 Å². The number of hydrogen-bond acceptors (Lipinski definition) is 3. The average Bonchev–Trinajstić information content (AvgIpc) is 1.51. The van der Waals surface area contributed by atoms with Crippen LogP contribution in [0.1, 0.15) is 117 Å². The quantitative estimate of drug-likeness (QED) is 0.128. The molecule has 0 unspecified atom stereocenters. The zero-order valence-electron chi connectivity index (χ0n) is 70.4. The second-order valence-electron chi connectivity index (χ2n) is 35.0. The van der Waals surface area contributed by atoms with Crippen LogP contribution in [-0.2, 0) is 27.1 Å². The normalized spacial score (nSPS) is 14.5. The van der Waals surface area contributed by atoms with Crippen LogP contribution in [0.25, 0.3) is 77.9 Å². The number of anilines is 6. The average molecular weight is 1580 g/mol. The van der Waals surface area contributed by atoms with E-state index < -0.39 is 5.41 Å².